The quantitative estimate of drug-likeness (QED) is 0.0210. The predicted octanol–water partition coefficient (Wildman–Crippen LogP) is -1.17. The van der Waals surface area contributed by atoms with Crippen molar-refractivity contribution in [2.75, 3.05) is 12.3 Å². The molecule has 56 heavy (non-hydrogen) atoms. The van der Waals surface area contributed by atoms with E-state index in [4.69, 9.17) is 17.2 Å². The van der Waals surface area contributed by atoms with E-state index < -0.39 is 65.7 Å². The van der Waals surface area contributed by atoms with Gasteiger partial charge in [-0.05, 0) is 30.0 Å². The minimum Gasteiger partial charge on any atom is -0.370 e. The summed E-state index contributed by atoms with van der Waals surface area (Å²) in [6.07, 6.45) is 5.13. The summed E-state index contributed by atoms with van der Waals surface area (Å²) in [5, 5.41) is 14.1. The highest BCUT2D eigenvalue weighted by molar-refractivity contribution is 7.80. The number of para-hydroxylation sites is 1. The summed E-state index contributed by atoms with van der Waals surface area (Å²) in [6.45, 7) is 1.39. The van der Waals surface area contributed by atoms with Crippen molar-refractivity contribution in [1.82, 2.24) is 41.5 Å². The van der Waals surface area contributed by atoms with Crippen molar-refractivity contribution in [3.63, 3.8) is 0 Å². The zero-order valence-corrected chi connectivity index (χ0v) is 31.7. The lowest BCUT2D eigenvalue weighted by Crippen LogP contribution is -2.60. The molecule has 4 aromatic rings. The normalized spacial score (nSPS) is 13.6. The van der Waals surface area contributed by atoms with Crippen LogP contribution in [0.25, 0.3) is 10.9 Å². The number of nitrogens with zero attached hydrogens (tertiary/aromatic N) is 2. The fourth-order valence-corrected chi connectivity index (χ4v) is 6.19. The number of nitrogens with two attached hydrogens (primary N) is 3. The second-order valence-corrected chi connectivity index (χ2v) is 13.4. The highest BCUT2D eigenvalue weighted by atomic mass is 32.1. The molecule has 0 aliphatic carbocycles. The second kappa shape index (κ2) is 20.9. The Bertz CT molecular complexity index is 1980. The van der Waals surface area contributed by atoms with Gasteiger partial charge in [0, 0.05) is 67.5 Å². The van der Waals surface area contributed by atoms with Gasteiger partial charge in [-0.1, -0.05) is 48.5 Å². The van der Waals surface area contributed by atoms with Crippen LogP contribution in [0.3, 0.4) is 0 Å². The van der Waals surface area contributed by atoms with Gasteiger partial charge in [0.1, 0.15) is 30.2 Å². The molecular weight excluding hydrogens is 741 g/mol. The van der Waals surface area contributed by atoms with Crippen LogP contribution in [-0.2, 0) is 48.0 Å². The molecule has 0 spiro atoms. The standard InChI is InChI=1S/C37H48N12O6S/c1-21(50)45-30(16-24-18-41-20-44-24)35(54)48-29(14-22-8-3-2-4-9-22)34(53)46-27(12-7-13-42-37(39)40)33(52)49-31(19-56)36(55)47-28(32(38)51)15-23-17-43-26-11-6-5-10-25(23)26/h2-6,8-11,17-18,20,27-31,43,56H,7,12-16,19H2,1H3,(H2,38,51)(H,41,44)(H,45,50)(H,46,53)(H,47,55)(H,48,54)(H,49,52)(H4,39,40,42)/t27-,28-,29+,30-,31-/m0/s1. The molecule has 0 bridgehead atoms. The number of primary amides is 1. The average Bonchev–Trinajstić information content (AvgIpc) is 3.84. The van der Waals surface area contributed by atoms with E-state index in [0.717, 1.165) is 16.5 Å². The molecule has 18 nitrogen and oxygen atoms in total. The lowest BCUT2D eigenvalue weighted by molar-refractivity contribution is -0.134. The fourth-order valence-electron chi connectivity index (χ4n) is 5.93. The largest absolute Gasteiger partial charge is 0.370 e. The first-order valence-electron chi connectivity index (χ1n) is 17.8. The molecule has 298 valence electrons. The molecule has 5 atom stereocenters. The van der Waals surface area contributed by atoms with Gasteiger partial charge in [-0.15, -0.1) is 0 Å². The molecule has 2 heterocycles. The van der Waals surface area contributed by atoms with Gasteiger partial charge in [0.25, 0.3) is 0 Å². The smallest absolute Gasteiger partial charge is 0.244 e. The van der Waals surface area contributed by atoms with Crippen LogP contribution in [0, 0.1) is 0 Å². The number of carbonyl (C=O) groups is 6. The van der Waals surface area contributed by atoms with Crippen LogP contribution >= 0.6 is 12.6 Å². The number of aromatic nitrogens is 3. The minimum absolute atomic E-state index is 0.0279. The molecule has 0 saturated heterocycles. The van der Waals surface area contributed by atoms with Gasteiger partial charge in [-0.3, -0.25) is 33.8 Å². The molecule has 19 heteroatoms. The molecule has 0 fully saturated rings. The van der Waals surface area contributed by atoms with E-state index in [1.54, 1.807) is 36.5 Å². The summed E-state index contributed by atoms with van der Waals surface area (Å²) in [7, 11) is 0. The number of thiol groups is 1. The number of imidazole rings is 1. The third kappa shape index (κ3) is 12.9. The number of amides is 6. The zero-order valence-electron chi connectivity index (χ0n) is 30.8. The Labute approximate surface area is 328 Å². The van der Waals surface area contributed by atoms with Gasteiger partial charge < -0.3 is 53.8 Å². The maximum atomic E-state index is 14.0. The number of aliphatic imine (C=N–C) groups is 1. The summed E-state index contributed by atoms with van der Waals surface area (Å²) < 4.78 is 0. The highest BCUT2D eigenvalue weighted by Crippen LogP contribution is 2.19. The van der Waals surface area contributed by atoms with Gasteiger partial charge in [0.15, 0.2) is 5.96 Å². The zero-order chi connectivity index (χ0) is 40.6. The van der Waals surface area contributed by atoms with E-state index in [2.05, 4.69) is 59.2 Å². The molecule has 0 aliphatic heterocycles. The molecule has 0 aliphatic rings. The summed E-state index contributed by atoms with van der Waals surface area (Å²) >= 11 is 4.27. The van der Waals surface area contributed by atoms with Crippen molar-refractivity contribution in [3.8, 4) is 0 Å². The second-order valence-electron chi connectivity index (χ2n) is 13.1. The number of nitrogens with one attached hydrogen (secondary N) is 7. The van der Waals surface area contributed by atoms with E-state index in [1.165, 1.54) is 19.4 Å². The van der Waals surface area contributed by atoms with Gasteiger partial charge in [-0.25, -0.2) is 4.98 Å². The number of H-pyrrole nitrogens is 2. The fraction of sp³-hybridized carbons (Fsp3) is 0.351. The highest BCUT2D eigenvalue weighted by Gasteiger charge is 2.32. The first-order valence-corrected chi connectivity index (χ1v) is 18.5. The SMILES string of the molecule is CC(=O)N[C@@H](Cc1cnc[nH]1)C(=O)N[C@H](Cc1ccccc1)C(=O)N[C@@H](CCCN=C(N)N)C(=O)N[C@@H](CS)C(=O)N[C@@H](Cc1c[nH]c2ccccc12)C(N)=O. The van der Waals surface area contributed by atoms with E-state index in [1.807, 2.05) is 24.3 Å². The molecule has 2 aromatic carbocycles. The number of rotatable bonds is 21. The Kier molecular flexibility index (Phi) is 15.8. The number of aromatic amines is 2. The summed E-state index contributed by atoms with van der Waals surface area (Å²) in [6, 6.07) is 10.5. The van der Waals surface area contributed by atoms with Crippen LogP contribution < -0.4 is 43.8 Å². The van der Waals surface area contributed by atoms with Crippen molar-refractivity contribution in [1.29, 1.82) is 0 Å². The summed E-state index contributed by atoms with van der Waals surface area (Å²) in [5.41, 5.74) is 19.5. The Balaban J connectivity index is 1.52. The Morgan fingerprint density at radius 1 is 0.732 bits per heavy atom. The van der Waals surface area contributed by atoms with Crippen LogP contribution in [0.15, 0.2) is 78.3 Å². The lowest BCUT2D eigenvalue weighted by atomic mass is 10.0. The minimum atomic E-state index is -1.24. The van der Waals surface area contributed by atoms with E-state index in [0.29, 0.717) is 11.3 Å². The van der Waals surface area contributed by atoms with Crippen LogP contribution in [0.5, 0.6) is 0 Å². The van der Waals surface area contributed by atoms with Crippen molar-refractivity contribution in [3.05, 3.63) is 90.1 Å². The number of fused-ring (bicyclic) bond motifs is 1. The Morgan fingerprint density at radius 3 is 1.98 bits per heavy atom. The average molecular weight is 789 g/mol. The van der Waals surface area contributed by atoms with Gasteiger partial charge in [0.2, 0.25) is 35.4 Å². The van der Waals surface area contributed by atoms with Crippen LogP contribution in [0.2, 0.25) is 0 Å². The maximum Gasteiger partial charge on any atom is 0.244 e. The third-order valence-electron chi connectivity index (χ3n) is 8.74. The molecule has 4 rings (SSSR count). The topological polar surface area (TPSA) is 297 Å². The van der Waals surface area contributed by atoms with Gasteiger partial charge in [-0.2, -0.15) is 12.6 Å². The van der Waals surface area contributed by atoms with Gasteiger partial charge >= 0.3 is 0 Å². The maximum absolute atomic E-state index is 14.0. The Morgan fingerprint density at radius 2 is 1.34 bits per heavy atom. The van der Waals surface area contributed by atoms with Crippen LogP contribution in [-0.4, -0.2) is 98.9 Å². The summed E-state index contributed by atoms with van der Waals surface area (Å²) in [5.74, 6) is -4.41. The molecule has 6 amide bonds. The first kappa shape index (κ1) is 42.4. The Hall–Kier alpha value is -6.37. The van der Waals surface area contributed by atoms with Crippen molar-refractivity contribution >= 4 is 64.9 Å². The summed E-state index contributed by atoms with van der Waals surface area (Å²) in [4.78, 5) is 93.4. The number of carbonyl (C=O) groups excluding carboxylic acids is 6. The van der Waals surface area contributed by atoms with Crippen molar-refractivity contribution in [2.45, 2.75) is 69.2 Å². The lowest BCUT2D eigenvalue weighted by Gasteiger charge is -2.26. The van der Waals surface area contributed by atoms with Crippen molar-refractivity contribution < 1.29 is 28.8 Å². The van der Waals surface area contributed by atoms with E-state index >= 15 is 0 Å². The molecule has 2 aromatic heterocycles. The van der Waals surface area contributed by atoms with E-state index in [9.17, 15) is 28.8 Å². The molecule has 0 radical (unpaired) electrons. The predicted molar refractivity (Wildman–Crippen MR) is 213 cm³/mol. The third-order valence-corrected chi connectivity index (χ3v) is 9.11. The monoisotopic (exact) mass is 788 g/mol. The molecular formula is C37H48N12O6S. The molecule has 0 unspecified atom stereocenters. The van der Waals surface area contributed by atoms with Crippen molar-refractivity contribution in [2.24, 2.45) is 22.2 Å². The van der Waals surface area contributed by atoms with Crippen LogP contribution in [0.1, 0.15) is 36.6 Å². The number of hydrogen-bond donors (Lipinski definition) is 11. The number of hydrogen-bond acceptors (Lipinski definition) is 9. The first-order chi connectivity index (χ1) is 26.8. The number of benzene rings is 2. The molecule has 13 N–H and O–H groups in total. The molecule has 0 saturated carbocycles. The van der Waals surface area contributed by atoms with E-state index in [-0.39, 0.29) is 50.4 Å². The van der Waals surface area contributed by atoms with Crippen LogP contribution in [0.4, 0.5) is 0 Å². The van der Waals surface area contributed by atoms with Gasteiger partial charge in [0.05, 0.1) is 6.33 Å². The number of guanidine groups is 1.